The molecule has 2 N–H and O–H groups in total. The third-order valence-corrected chi connectivity index (χ3v) is 2.09. The highest BCUT2D eigenvalue weighted by Crippen LogP contribution is 2.20. The molecule has 3 nitrogen and oxygen atoms in total. The molecule has 0 bridgehead atoms. The molecule has 0 radical (unpaired) electrons. The van der Waals surface area contributed by atoms with Crippen LogP contribution in [0, 0.1) is 11.3 Å². The van der Waals surface area contributed by atoms with Crippen LogP contribution in [0.25, 0.3) is 0 Å². The number of halogens is 1. The van der Waals surface area contributed by atoms with Crippen molar-refractivity contribution >= 4 is 17.3 Å². The van der Waals surface area contributed by atoms with E-state index >= 15 is 0 Å². The summed E-state index contributed by atoms with van der Waals surface area (Å²) in [7, 11) is 0. The van der Waals surface area contributed by atoms with Crippen LogP contribution in [0.1, 0.15) is 12.5 Å². The maximum absolute atomic E-state index is 8.82. The predicted molar refractivity (Wildman–Crippen MR) is 56.3 cm³/mol. The fourth-order valence-corrected chi connectivity index (χ4v) is 1.25. The van der Waals surface area contributed by atoms with Crippen LogP contribution in [0.3, 0.4) is 0 Å². The van der Waals surface area contributed by atoms with Gasteiger partial charge in [0, 0.05) is 11.7 Å². The molecule has 1 rings (SSSR count). The Morgan fingerprint density at radius 3 is 2.86 bits per heavy atom. The van der Waals surface area contributed by atoms with Crippen molar-refractivity contribution in [2.75, 3.05) is 11.9 Å². The fourth-order valence-electron chi connectivity index (χ4n) is 1.03. The van der Waals surface area contributed by atoms with Crippen LogP contribution in [0.15, 0.2) is 18.2 Å². The first-order valence-corrected chi connectivity index (χ1v) is 4.62. The van der Waals surface area contributed by atoms with Crippen molar-refractivity contribution in [2.24, 2.45) is 0 Å². The molecule has 0 saturated carbocycles. The lowest BCUT2D eigenvalue weighted by Gasteiger charge is -2.12. The Morgan fingerprint density at radius 2 is 2.36 bits per heavy atom. The summed E-state index contributed by atoms with van der Waals surface area (Å²) in [5, 5.41) is 20.9. The number of rotatable bonds is 3. The summed E-state index contributed by atoms with van der Waals surface area (Å²) in [4.78, 5) is 0. The van der Waals surface area contributed by atoms with Crippen LogP contribution in [0.5, 0.6) is 0 Å². The van der Waals surface area contributed by atoms with E-state index in [-0.39, 0.29) is 12.6 Å². The Labute approximate surface area is 87.9 Å². The van der Waals surface area contributed by atoms with Gasteiger partial charge in [-0.3, -0.25) is 0 Å². The van der Waals surface area contributed by atoms with E-state index in [9.17, 15) is 0 Å². The summed E-state index contributed by atoms with van der Waals surface area (Å²) in [6, 6.07) is 7.03. The van der Waals surface area contributed by atoms with Crippen molar-refractivity contribution < 1.29 is 5.11 Å². The van der Waals surface area contributed by atoms with Gasteiger partial charge in [0.25, 0.3) is 0 Å². The monoisotopic (exact) mass is 210 g/mol. The second kappa shape index (κ2) is 4.85. The summed E-state index contributed by atoms with van der Waals surface area (Å²) < 4.78 is 0. The maximum atomic E-state index is 8.82. The van der Waals surface area contributed by atoms with Gasteiger partial charge in [-0.2, -0.15) is 5.26 Å². The van der Waals surface area contributed by atoms with Gasteiger partial charge in [0.15, 0.2) is 0 Å². The van der Waals surface area contributed by atoms with Crippen LogP contribution >= 0.6 is 11.6 Å². The molecule has 0 spiro atoms. The highest BCUT2D eigenvalue weighted by molar-refractivity contribution is 6.32. The molecule has 0 heterocycles. The first kappa shape index (κ1) is 10.8. The summed E-state index contributed by atoms with van der Waals surface area (Å²) >= 11 is 5.83. The maximum Gasteiger partial charge on any atom is 0.101 e. The average molecular weight is 211 g/mol. The molecule has 74 valence electrons. The number of hydrogen-bond donors (Lipinski definition) is 2. The largest absolute Gasteiger partial charge is 0.394 e. The van der Waals surface area contributed by atoms with Crippen LogP contribution in [-0.2, 0) is 0 Å². The van der Waals surface area contributed by atoms with Crippen LogP contribution in [0.4, 0.5) is 5.69 Å². The molecule has 0 aromatic heterocycles. The lowest BCUT2D eigenvalue weighted by atomic mass is 10.2. The second-order valence-electron chi connectivity index (χ2n) is 3.03. The first-order valence-electron chi connectivity index (χ1n) is 4.24. The predicted octanol–water partition coefficient (Wildman–Crippen LogP) is 2.00. The number of nitriles is 1. The minimum absolute atomic E-state index is 0.0287. The van der Waals surface area contributed by atoms with Crippen molar-refractivity contribution in [3.8, 4) is 6.07 Å². The molecule has 1 aromatic rings. The number of nitrogens with one attached hydrogen (secondary N) is 1. The molecule has 1 aromatic carbocycles. The minimum atomic E-state index is -0.0287. The van der Waals surface area contributed by atoms with Crippen LogP contribution in [-0.4, -0.2) is 17.8 Å². The second-order valence-corrected chi connectivity index (χ2v) is 3.44. The molecule has 0 aliphatic carbocycles. The Kier molecular flexibility index (Phi) is 3.75. The van der Waals surface area contributed by atoms with E-state index in [0.29, 0.717) is 10.6 Å². The molecular weight excluding hydrogens is 200 g/mol. The fraction of sp³-hybridized carbons (Fsp3) is 0.300. The van der Waals surface area contributed by atoms with Gasteiger partial charge in [-0.15, -0.1) is 0 Å². The van der Waals surface area contributed by atoms with Crippen molar-refractivity contribution in [1.29, 1.82) is 5.26 Å². The number of anilines is 1. The molecule has 1 unspecified atom stereocenters. The highest BCUT2D eigenvalue weighted by Gasteiger charge is 2.03. The minimum Gasteiger partial charge on any atom is -0.394 e. The summed E-state index contributed by atoms with van der Waals surface area (Å²) in [5.74, 6) is 0. The zero-order valence-electron chi connectivity index (χ0n) is 7.79. The quantitative estimate of drug-likeness (QED) is 0.803. The summed E-state index contributed by atoms with van der Waals surface area (Å²) in [5.41, 5.74) is 1.25. The third-order valence-electron chi connectivity index (χ3n) is 1.78. The lowest BCUT2D eigenvalue weighted by Crippen LogP contribution is -2.19. The van der Waals surface area contributed by atoms with Crippen LogP contribution in [0.2, 0.25) is 5.02 Å². The van der Waals surface area contributed by atoms with Crippen molar-refractivity contribution in [3.63, 3.8) is 0 Å². The number of hydrogen-bond acceptors (Lipinski definition) is 3. The Balaban J connectivity index is 2.82. The van der Waals surface area contributed by atoms with Gasteiger partial charge in [-0.1, -0.05) is 11.6 Å². The molecule has 4 heteroatoms. The van der Waals surface area contributed by atoms with E-state index in [2.05, 4.69) is 5.32 Å². The number of aliphatic hydroxyl groups is 1. The smallest absolute Gasteiger partial charge is 0.101 e. The van der Waals surface area contributed by atoms with Crippen LogP contribution < -0.4 is 5.32 Å². The van der Waals surface area contributed by atoms with Gasteiger partial charge in [-0.25, -0.2) is 0 Å². The van der Waals surface area contributed by atoms with Gasteiger partial charge < -0.3 is 10.4 Å². The molecular formula is C10H11ClN2O. The van der Waals surface area contributed by atoms with Gasteiger partial charge >= 0.3 is 0 Å². The molecule has 0 aliphatic rings. The molecule has 0 aliphatic heterocycles. The number of aliphatic hydroxyl groups excluding tert-OH is 1. The van der Waals surface area contributed by atoms with E-state index in [4.69, 9.17) is 22.0 Å². The van der Waals surface area contributed by atoms with Gasteiger partial charge in [-0.05, 0) is 25.1 Å². The normalized spacial score (nSPS) is 11.9. The van der Waals surface area contributed by atoms with Gasteiger partial charge in [0.05, 0.1) is 17.2 Å². The Bertz CT molecular complexity index is 360. The highest BCUT2D eigenvalue weighted by atomic mass is 35.5. The molecule has 0 saturated heterocycles. The van der Waals surface area contributed by atoms with E-state index in [0.717, 1.165) is 5.69 Å². The van der Waals surface area contributed by atoms with Crippen molar-refractivity contribution in [2.45, 2.75) is 13.0 Å². The van der Waals surface area contributed by atoms with E-state index in [1.807, 2.05) is 13.0 Å². The first-order chi connectivity index (χ1) is 6.67. The molecule has 0 fully saturated rings. The van der Waals surface area contributed by atoms with Gasteiger partial charge in [0.2, 0.25) is 0 Å². The number of benzene rings is 1. The zero-order chi connectivity index (χ0) is 10.6. The molecule has 0 amide bonds. The van der Waals surface area contributed by atoms with Gasteiger partial charge in [0.1, 0.15) is 6.07 Å². The third kappa shape index (κ3) is 2.63. The summed E-state index contributed by atoms with van der Waals surface area (Å²) in [6.07, 6.45) is 0. The van der Waals surface area contributed by atoms with E-state index in [1.54, 1.807) is 18.2 Å². The average Bonchev–Trinajstić information content (AvgIpc) is 2.18. The standard InChI is InChI=1S/C10H11ClN2O/c1-7(6-14)13-9-3-2-8(5-12)10(11)4-9/h2-4,7,13-14H,6H2,1H3. The van der Waals surface area contributed by atoms with E-state index < -0.39 is 0 Å². The molecule has 14 heavy (non-hydrogen) atoms. The lowest BCUT2D eigenvalue weighted by molar-refractivity contribution is 0.281. The zero-order valence-corrected chi connectivity index (χ0v) is 8.54. The SMILES string of the molecule is CC(CO)Nc1ccc(C#N)c(Cl)c1. The molecule has 1 atom stereocenters. The number of nitrogens with zero attached hydrogens (tertiary/aromatic N) is 1. The Morgan fingerprint density at radius 1 is 1.64 bits per heavy atom. The van der Waals surface area contributed by atoms with Crippen molar-refractivity contribution in [1.82, 2.24) is 0 Å². The van der Waals surface area contributed by atoms with Crippen molar-refractivity contribution in [3.05, 3.63) is 28.8 Å². The summed E-state index contributed by atoms with van der Waals surface area (Å²) in [6.45, 7) is 1.91. The Hall–Kier alpha value is -1.24. The van der Waals surface area contributed by atoms with E-state index in [1.165, 1.54) is 0 Å². The topological polar surface area (TPSA) is 56.0 Å².